The predicted molar refractivity (Wildman–Crippen MR) is 60.2 cm³/mol. The Balaban J connectivity index is 1.63. The van der Waals surface area contributed by atoms with E-state index >= 15 is 0 Å². The number of carbonyl (C=O) groups excluding carboxylic acids is 1. The van der Waals surface area contributed by atoms with Crippen molar-refractivity contribution in [2.75, 3.05) is 6.61 Å². The lowest BCUT2D eigenvalue weighted by Gasteiger charge is -2.29. The highest BCUT2D eigenvalue weighted by Crippen LogP contribution is 2.71. The van der Waals surface area contributed by atoms with Gasteiger partial charge >= 0.3 is 5.97 Å². The van der Waals surface area contributed by atoms with Gasteiger partial charge in [-0.3, -0.25) is 0 Å². The van der Waals surface area contributed by atoms with Crippen molar-refractivity contribution < 1.29 is 9.53 Å². The summed E-state index contributed by atoms with van der Waals surface area (Å²) in [6, 6.07) is 2.32. The lowest BCUT2D eigenvalue weighted by Crippen LogP contribution is -2.30. The smallest absolute Gasteiger partial charge is 0.360 e. The number of nitriles is 1. The van der Waals surface area contributed by atoms with Crippen molar-refractivity contribution in [1.82, 2.24) is 15.0 Å². The third-order valence-corrected chi connectivity index (χ3v) is 4.01. The summed E-state index contributed by atoms with van der Waals surface area (Å²) < 4.78 is 4.86. The maximum atomic E-state index is 11.4. The molecule has 0 N–H and O–H groups in total. The largest absolute Gasteiger partial charge is 0.461 e. The molecule has 1 aromatic heterocycles. The van der Waals surface area contributed by atoms with Crippen LogP contribution in [0.25, 0.3) is 0 Å². The first-order chi connectivity index (χ1) is 8.68. The van der Waals surface area contributed by atoms with Crippen molar-refractivity contribution in [3.8, 4) is 6.07 Å². The molecule has 2 fully saturated rings. The predicted octanol–water partition coefficient (Wildman–Crippen LogP) is 1.00. The Morgan fingerprint density at radius 1 is 1.72 bits per heavy atom. The summed E-state index contributed by atoms with van der Waals surface area (Å²) in [6.45, 7) is 2.79. The monoisotopic (exact) mass is 246 g/mol. The van der Waals surface area contributed by atoms with E-state index in [1.54, 1.807) is 11.7 Å². The van der Waals surface area contributed by atoms with Gasteiger partial charge in [0.2, 0.25) is 0 Å². The number of nitrogens with zero attached hydrogens (tertiary/aromatic N) is 4. The van der Waals surface area contributed by atoms with Crippen LogP contribution in [0, 0.1) is 28.6 Å². The fourth-order valence-corrected chi connectivity index (χ4v) is 2.94. The highest BCUT2D eigenvalue weighted by atomic mass is 16.5. The van der Waals surface area contributed by atoms with Gasteiger partial charge in [0.15, 0.2) is 5.69 Å². The van der Waals surface area contributed by atoms with Crippen molar-refractivity contribution in [1.29, 1.82) is 5.26 Å². The first kappa shape index (κ1) is 11.2. The number of aromatic nitrogens is 3. The van der Waals surface area contributed by atoms with E-state index < -0.39 is 5.97 Å². The van der Waals surface area contributed by atoms with Crippen LogP contribution >= 0.6 is 0 Å². The lowest BCUT2D eigenvalue weighted by molar-refractivity contribution is 0.0517. The second-order valence-corrected chi connectivity index (χ2v) is 5.09. The highest BCUT2D eigenvalue weighted by molar-refractivity contribution is 5.86. The first-order valence-electron chi connectivity index (χ1n) is 6.15. The van der Waals surface area contributed by atoms with Gasteiger partial charge in [-0.15, -0.1) is 5.10 Å². The van der Waals surface area contributed by atoms with E-state index in [0.717, 1.165) is 12.8 Å². The first-order valence-corrected chi connectivity index (χ1v) is 6.15. The van der Waals surface area contributed by atoms with Crippen molar-refractivity contribution in [2.24, 2.45) is 17.3 Å². The zero-order valence-corrected chi connectivity index (χ0v) is 10.2. The molecule has 3 atom stereocenters. The van der Waals surface area contributed by atoms with E-state index in [1.165, 1.54) is 6.20 Å². The average Bonchev–Trinajstić information content (AvgIpc) is 2.76. The van der Waals surface area contributed by atoms with Gasteiger partial charge in [0.05, 0.1) is 31.3 Å². The minimum absolute atomic E-state index is 0.213. The molecule has 1 aromatic rings. The van der Waals surface area contributed by atoms with Crippen LogP contribution in [0.15, 0.2) is 6.20 Å². The highest BCUT2D eigenvalue weighted by Gasteiger charge is 2.67. The number of hydrogen-bond acceptors (Lipinski definition) is 5. The molecular formula is C12H14N4O2. The van der Waals surface area contributed by atoms with Crippen molar-refractivity contribution in [2.45, 2.75) is 26.3 Å². The van der Waals surface area contributed by atoms with Crippen LogP contribution in [0.5, 0.6) is 0 Å². The van der Waals surface area contributed by atoms with Crippen LogP contribution in [0.2, 0.25) is 0 Å². The molecule has 3 unspecified atom stereocenters. The molecule has 2 aliphatic carbocycles. The fraction of sp³-hybridized carbons (Fsp3) is 0.667. The number of ether oxygens (including phenoxy) is 1. The number of rotatable bonds is 4. The summed E-state index contributed by atoms with van der Waals surface area (Å²) in [5.41, 5.74) is 0.479. The second-order valence-electron chi connectivity index (χ2n) is 5.09. The molecule has 18 heavy (non-hydrogen) atoms. The maximum absolute atomic E-state index is 11.4. The molecule has 1 heterocycles. The molecule has 3 rings (SSSR count). The van der Waals surface area contributed by atoms with E-state index in [-0.39, 0.29) is 17.0 Å². The van der Waals surface area contributed by atoms with E-state index in [0.29, 0.717) is 19.1 Å². The number of carbonyl (C=O) groups is 1. The second kappa shape index (κ2) is 3.80. The molecule has 0 aliphatic heterocycles. The minimum atomic E-state index is -0.433. The molecule has 6 nitrogen and oxygen atoms in total. The van der Waals surface area contributed by atoms with Crippen LogP contribution in [0.4, 0.5) is 0 Å². The molecule has 2 aliphatic rings. The topological polar surface area (TPSA) is 80.8 Å². The van der Waals surface area contributed by atoms with Crippen molar-refractivity contribution in [3.05, 3.63) is 11.9 Å². The van der Waals surface area contributed by atoms with Gasteiger partial charge < -0.3 is 4.74 Å². The van der Waals surface area contributed by atoms with Gasteiger partial charge in [0.1, 0.15) is 0 Å². The average molecular weight is 246 g/mol. The molecule has 94 valence electrons. The molecule has 0 radical (unpaired) electrons. The Morgan fingerprint density at radius 2 is 2.56 bits per heavy atom. The quantitative estimate of drug-likeness (QED) is 0.740. The van der Waals surface area contributed by atoms with Crippen LogP contribution in [0.1, 0.15) is 30.3 Å². The Morgan fingerprint density at radius 3 is 3.22 bits per heavy atom. The van der Waals surface area contributed by atoms with Gasteiger partial charge in [0.25, 0.3) is 0 Å². The Bertz CT molecular complexity index is 532. The molecule has 0 bridgehead atoms. The van der Waals surface area contributed by atoms with Crippen LogP contribution < -0.4 is 0 Å². The van der Waals surface area contributed by atoms with Crippen molar-refractivity contribution in [3.63, 3.8) is 0 Å². The molecular weight excluding hydrogens is 232 g/mol. The van der Waals surface area contributed by atoms with E-state index in [4.69, 9.17) is 10.00 Å². The van der Waals surface area contributed by atoms with E-state index in [9.17, 15) is 4.79 Å². The lowest BCUT2D eigenvalue weighted by atomic mass is 9.76. The van der Waals surface area contributed by atoms with Gasteiger partial charge in [-0.25, -0.2) is 4.79 Å². The van der Waals surface area contributed by atoms with Gasteiger partial charge in [-0.1, -0.05) is 0 Å². The van der Waals surface area contributed by atoms with Crippen molar-refractivity contribution >= 4 is 5.97 Å². The van der Waals surface area contributed by atoms with Crippen LogP contribution in [-0.4, -0.2) is 27.6 Å². The number of hydrogen-bond donors (Lipinski definition) is 0. The summed E-state index contributed by atoms with van der Waals surface area (Å²) in [6.07, 6.45) is 3.46. The van der Waals surface area contributed by atoms with Crippen LogP contribution in [-0.2, 0) is 11.3 Å². The Hall–Kier alpha value is -1.90. The molecule has 6 heteroatoms. The van der Waals surface area contributed by atoms with Crippen LogP contribution in [0.3, 0.4) is 0 Å². The molecule has 0 amide bonds. The van der Waals surface area contributed by atoms with Gasteiger partial charge in [-0.05, 0) is 31.1 Å². The summed E-state index contributed by atoms with van der Waals surface area (Å²) >= 11 is 0. The van der Waals surface area contributed by atoms with Gasteiger partial charge in [-0.2, -0.15) is 15.2 Å². The summed E-state index contributed by atoms with van der Waals surface area (Å²) in [5.74, 6) is 0.293. The summed E-state index contributed by atoms with van der Waals surface area (Å²) in [5, 5.41) is 17.1. The maximum Gasteiger partial charge on any atom is 0.360 e. The zero-order chi connectivity index (χ0) is 12.8. The SMILES string of the molecule is CCOC(=O)c1cnn(CC23CC(C#N)C2C3)n1. The third kappa shape index (κ3) is 1.58. The normalized spacial score (nSPS) is 32.0. The molecule has 0 spiro atoms. The number of fused-ring (bicyclic) bond motifs is 1. The van der Waals surface area contributed by atoms with E-state index in [1.807, 2.05) is 0 Å². The third-order valence-electron chi connectivity index (χ3n) is 4.01. The van der Waals surface area contributed by atoms with E-state index in [2.05, 4.69) is 16.3 Å². The molecule has 2 saturated carbocycles. The Kier molecular flexibility index (Phi) is 2.37. The zero-order valence-electron chi connectivity index (χ0n) is 10.2. The molecule has 0 aromatic carbocycles. The molecule has 0 saturated heterocycles. The standard InChI is InChI=1S/C12H14N4O2/c1-2-18-11(17)10-6-14-16(15-10)7-12-3-8(5-13)9(12)4-12/h6,8-9H,2-4,7H2,1H3. The number of esters is 1. The van der Waals surface area contributed by atoms with Gasteiger partial charge in [0, 0.05) is 0 Å². The summed E-state index contributed by atoms with van der Waals surface area (Å²) in [7, 11) is 0. The Labute approximate surface area is 105 Å². The summed E-state index contributed by atoms with van der Waals surface area (Å²) in [4.78, 5) is 13.0. The minimum Gasteiger partial charge on any atom is -0.461 e. The fourth-order valence-electron chi connectivity index (χ4n) is 2.94.